The first-order valence-corrected chi connectivity index (χ1v) is 6.23. The zero-order valence-corrected chi connectivity index (χ0v) is 10.7. The Morgan fingerprint density at radius 2 is 2.32 bits per heavy atom. The third kappa shape index (κ3) is 3.32. The predicted molar refractivity (Wildman–Crippen MR) is 71.2 cm³/mol. The summed E-state index contributed by atoms with van der Waals surface area (Å²) >= 11 is 0. The van der Waals surface area contributed by atoms with Crippen molar-refractivity contribution < 1.29 is 14.3 Å². The molecule has 1 aromatic carbocycles. The predicted octanol–water partition coefficient (Wildman–Crippen LogP) is 1.59. The normalized spacial score (nSPS) is 12.6. The third-order valence-electron chi connectivity index (χ3n) is 3.04. The van der Waals surface area contributed by atoms with Crippen molar-refractivity contribution in [2.75, 3.05) is 13.2 Å². The summed E-state index contributed by atoms with van der Waals surface area (Å²) in [6.07, 6.45) is 1.96. The fourth-order valence-corrected chi connectivity index (χ4v) is 1.89. The van der Waals surface area contributed by atoms with Gasteiger partial charge in [-0.05, 0) is 29.7 Å². The number of hydrogen-bond acceptors (Lipinski definition) is 2. The Hall–Kier alpha value is -1.88. The molecule has 0 fully saturated rings. The second-order valence-electron chi connectivity index (χ2n) is 4.77. The zero-order valence-electron chi connectivity index (χ0n) is 10.7. The number of hydrogen-bond donors (Lipinski definition) is 3. The zero-order chi connectivity index (χ0) is 13.8. The van der Waals surface area contributed by atoms with Crippen molar-refractivity contribution in [3.8, 4) is 0 Å². The van der Waals surface area contributed by atoms with Crippen molar-refractivity contribution in [3.05, 3.63) is 35.8 Å². The van der Waals surface area contributed by atoms with Crippen LogP contribution in [0.1, 0.15) is 12.5 Å². The number of aromatic nitrogens is 1. The van der Waals surface area contributed by atoms with Gasteiger partial charge in [0, 0.05) is 30.3 Å². The number of aromatic amines is 1. The van der Waals surface area contributed by atoms with Gasteiger partial charge in [-0.2, -0.15) is 0 Å². The highest BCUT2D eigenvalue weighted by atomic mass is 19.1. The van der Waals surface area contributed by atoms with Crippen LogP contribution in [-0.4, -0.2) is 29.1 Å². The molecule has 0 spiro atoms. The van der Waals surface area contributed by atoms with Gasteiger partial charge >= 0.3 is 0 Å². The molecule has 0 bridgehead atoms. The van der Waals surface area contributed by atoms with Crippen molar-refractivity contribution in [1.29, 1.82) is 0 Å². The number of carbonyl (C=O) groups is 1. The average Bonchev–Trinajstić information content (AvgIpc) is 2.78. The molecule has 1 amide bonds. The summed E-state index contributed by atoms with van der Waals surface area (Å²) in [5, 5.41) is 12.5. The molecule has 1 unspecified atom stereocenters. The number of carbonyl (C=O) groups excluding carboxylic acids is 1. The number of H-pyrrole nitrogens is 1. The minimum absolute atomic E-state index is 0.0426. The number of rotatable bonds is 5. The van der Waals surface area contributed by atoms with E-state index in [2.05, 4.69) is 10.3 Å². The van der Waals surface area contributed by atoms with E-state index in [1.165, 1.54) is 12.1 Å². The van der Waals surface area contributed by atoms with Crippen LogP contribution in [0.15, 0.2) is 24.4 Å². The lowest BCUT2D eigenvalue weighted by Gasteiger charge is -2.09. The lowest BCUT2D eigenvalue weighted by molar-refractivity contribution is -0.120. The first kappa shape index (κ1) is 13.5. The maximum absolute atomic E-state index is 13.0. The van der Waals surface area contributed by atoms with Crippen molar-refractivity contribution in [2.45, 2.75) is 13.3 Å². The fourth-order valence-electron chi connectivity index (χ4n) is 1.89. The van der Waals surface area contributed by atoms with Crippen LogP contribution in [0.2, 0.25) is 0 Å². The standard InChI is InChI=1S/C14H17FN2O2/c1-9(8-18)6-17-14(19)4-10-7-16-13-5-11(15)2-3-12(10)13/h2-3,5,7,9,16,18H,4,6,8H2,1H3,(H,17,19). The van der Waals surface area contributed by atoms with Gasteiger partial charge in [0.1, 0.15) is 5.82 Å². The summed E-state index contributed by atoms with van der Waals surface area (Å²) in [6, 6.07) is 4.45. The van der Waals surface area contributed by atoms with Crippen molar-refractivity contribution in [2.24, 2.45) is 5.92 Å². The van der Waals surface area contributed by atoms with Gasteiger partial charge in [-0.3, -0.25) is 4.79 Å². The first-order valence-electron chi connectivity index (χ1n) is 6.23. The van der Waals surface area contributed by atoms with Crippen LogP contribution in [0, 0.1) is 11.7 Å². The number of fused-ring (bicyclic) bond motifs is 1. The second kappa shape index (κ2) is 5.84. The summed E-state index contributed by atoms with van der Waals surface area (Å²) < 4.78 is 13.0. The Bertz CT molecular complexity index is 580. The second-order valence-corrected chi connectivity index (χ2v) is 4.77. The van der Waals surface area contributed by atoms with E-state index in [4.69, 9.17) is 5.11 Å². The summed E-state index contributed by atoms with van der Waals surface area (Å²) in [6.45, 7) is 2.35. The lowest BCUT2D eigenvalue weighted by Crippen LogP contribution is -2.30. The molecule has 0 radical (unpaired) electrons. The molecule has 5 heteroatoms. The van der Waals surface area contributed by atoms with Crippen LogP contribution in [-0.2, 0) is 11.2 Å². The van der Waals surface area contributed by atoms with E-state index >= 15 is 0 Å². The maximum atomic E-state index is 13.0. The van der Waals surface area contributed by atoms with Gasteiger partial charge in [-0.1, -0.05) is 6.92 Å². The highest BCUT2D eigenvalue weighted by Gasteiger charge is 2.10. The lowest BCUT2D eigenvalue weighted by atomic mass is 10.1. The number of aliphatic hydroxyl groups excluding tert-OH is 1. The number of benzene rings is 1. The molecule has 2 rings (SSSR count). The van der Waals surface area contributed by atoms with Gasteiger partial charge in [-0.15, -0.1) is 0 Å². The van der Waals surface area contributed by atoms with E-state index in [0.717, 1.165) is 10.9 Å². The fraction of sp³-hybridized carbons (Fsp3) is 0.357. The van der Waals surface area contributed by atoms with E-state index < -0.39 is 0 Å². The molecule has 3 N–H and O–H groups in total. The van der Waals surface area contributed by atoms with E-state index in [9.17, 15) is 9.18 Å². The Balaban J connectivity index is 2.03. The molecule has 2 aromatic rings. The molecule has 0 aliphatic carbocycles. The van der Waals surface area contributed by atoms with Crippen LogP contribution >= 0.6 is 0 Å². The summed E-state index contributed by atoms with van der Waals surface area (Å²) in [7, 11) is 0. The topological polar surface area (TPSA) is 65.1 Å². The highest BCUT2D eigenvalue weighted by Crippen LogP contribution is 2.19. The summed E-state index contributed by atoms with van der Waals surface area (Å²) in [4.78, 5) is 14.7. The van der Waals surface area contributed by atoms with Crippen LogP contribution in [0.3, 0.4) is 0 Å². The third-order valence-corrected chi connectivity index (χ3v) is 3.04. The summed E-state index contributed by atoms with van der Waals surface area (Å²) in [5.74, 6) is -0.367. The first-order chi connectivity index (χ1) is 9.10. The van der Waals surface area contributed by atoms with Crippen LogP contribution in [0.5, 0.6) is 0 Å². The van der Waals surface area contributed by atoms with Gasteiger partial charge in [0.05, 0.1) is 6.42 Å². The highest BCUT2D eigenvalue weighted by molar-refractivity contribution is 5.88. The van der Waals surface area contributed by atoms with Crippen LogP contribution < -0.4 is 5.32 Å². The smallest absolute Gasteiger partial charge is 0.224 e. The van der Waals surface area contributed by atoms with E-state index in [1.807, 2.05) is 6.92 Å². The maximum Gasteiger partial charge on any atom is 0.224 e. The van der Waals surface area contributed by atoms with Crippen LogP contribution in [0.4, 0.5) is 4.39 Å². The summed E-state index contributed by atoms with van der Waals surface area (Å²) in [5.41, 5.74) is 1.52. The molecule has 1 aromatic heterocycles. The monoisotopic (exact) mass is 264 g/mol. The van der Waals surface area contributed by atoms with Gasteiger partial charge < -0.3 is 15.4 Å². The Morgan fingerprint density at radius 3 is 3.05 bits per heavy atom. The Kier molecular flexibility index (Phi) is 4.16. The Morgan fingerprint density at radius 1 is 1.53 bits per heavy atom. The van der Waals surface area contributed by atoms with Crippen molar-refractivity contribution in [1.82, 2.24) is 10.3 Å². The number of aliphatic hydroxyl groups is 1. The van der Waals surface area contributed by atoms with E-state index in [-0.39, 0.29) is 30.7 Å². The molecule has 0 aliphatic rings. The largest absolute Gasteiger partial charge is 0.396 e. The molecule has 0 aliphatic heterocycles. The molecule has 0 saturated carbocycles. The molecular weight excluding hydrogens is 247 g/mol. The van der Waals surface area contributed by atoms with Crippen LogP contribution in [0.25, 0.3) is 10.9 Å². The van der Waals surface area contributed by atoms with Gasteiger partial charge in [0.25, 0.3) is 0 Å². The number of nitrogens with one attached hydrogen (secondary N) is 2. The van der Waals surface area contributed by atoms with Gasteiger partial charge in [0.2, 0.25) is 5.91 Å². The molecule has 102 valence electrons. The molecule has 1 heterocycles. The quantitative estimate of drug-likeness (QED) is 0.768. The van der Waals surface area contributed by atoms with Gasteiger partial charge in [-0.25, -0.2) is 4.39 Å². The minimum Gasteiger partial charge on any atom is -0.396 e. The molecule has 0 saturated heterocycles. The molecule has 19 heavy (non-hydrogen) atoms. The van der Waals surface area contributed by atoms with Crippen molar-refractivity contribution >= 4 is 16.8 Å². The molecule has 1 atom stereocenters. The SMILES string of the molecule is CC(CO)CNC(=O)Cc1c[nH]c2cc(F)ccc12. The molecule has 4 nitrogen and oxygen atoms in total. The number of amides is 1. The molecular formula is C14H17FN2O2. The van der Waals surface area contributed by atoms with Gasteiger partial charge in [0.15, 0.2) is 0 Å². The minimum atomic E-state index is -0.304. The van der Waals surface area contributed by atoms with E-state index in [0.29, 0.717) is 12.1 Å². The average molecular weight is 264 g/mol. The number of halogens is 1. The Labute approximate surface area is 110 Å². The van der Waals surface area contributed by atoms with E-state index in [1.54, 1.807) is 12.3 Å². The van der Waals surface area contributed by atoms with Crippen molar-refractivity contribution in [3.63, 3.8) is 0 Å².